The second-order valence-corrected chi connectivity index (χ2v) is 6.48. The van der Waals surface area contributed by atoms with Gasteiger partial charge in [0.05, 0.1) is 17.8 Å². The van der Waals surface area contributed by atoms with Crippen molar-refractivity contribution in [2.45, 2.75) is 19.4 Å². The number of hydrogen-bond donors (Lipinski definition) is 1. The van der Waals surface area contributed by atoms with Crippen LogP contribution in [-0.2, 0) is 9.84 Å². The fraction of sp³-hybridized carbons (Fsp3) is 0.545. The molecular weight excluding hydrogens is 256 g/mol. The molecule has 0 radical (unpaired) electrons. The molecule has 0 aromatic carbocycles. The van der Waals surface area contributed by atoms with Crippen molar-refractivity contribution in [3.8, 4) is 0 Å². The number of urea groups is 1. The van der Waals surface area contributed by atoms with Gasteiger partial charge in [0.25, 0.3) is 0 Å². The molecule has 0 aliphatic carbocycles. The van der Waals surface area contributed by atoms with E-state index < -0.39 is 9.84 Å². The maximum atomic E-state index is 12.0. The van der Waals surface area contributed by atoms with Gasteiger partial charge in [-0.15, -0.1) is 0 Å². The van der Waals surface area contributed by atoms with Crippen molar-refractivity contribution in [2.24, 2.45) is 0 Å². The molecule has 2 rings (SSSR count). The van der Waals surface area contributed by atoms with Crippen LogP contribution in [0.15, 0.2) is 22.8 Å². The van der Waals surface area contributed by atoms with Crippen molar-refractivity contribution in [3.63, 3.8) is 0 Å². The largest absolute Gasteiger partial charge is 0.449 e. The summed E-state index contributed by atoms with van der Waals surface area (Å²) in [6, 6.07) is 2.74. The van der Waals surface area contributed by atoms with Crippen LogP contribution in [-0.4, -0.2) is 43.4 Å². The molecular formula is C11H16N2O4S. The Morgan fingerprint density at radius 3 is 2.89 bits per heavy atom. The van der Waals surface area contributed by atoms with Gasteiger partial charge in [-0.3, -0.25) is 5.32 Å². The summed E-state index contributed by atoms with van der Waals surface area (Å²) in [7, 11) is -2.99. The lowest BCUT2D eigenvalue weighted by Gasteiger charge is -2.26. The van der Waals surface area contributed by atoms with Crippen LogP contribution in [0.3, 0.4) is 0 Å². The third-order valence-electron chi connectivity index (χ3n) is 3.00. The number of carbonyl (C=O) groups excluding carboxylic acids is 1. The first-order valence-electron chi connectivity index (χ1n) is 5.83. The molecule has 0 spiro atoms. The molecule has 100 valence electrons. The Kier molecular flexibility index (Phi) is 3.60. The summed E-state index contributed by atoms with van der Waals surface area (Å²) in [4.78, 5) is 13.5. The summed E-state index contributed by atoms with van der Waals surface area (Å²) in [5.74, 6) is 0.563. The van der Waals surface area contributed by atoms with Gasteiger partial charge in [-0.25, -0.2) is 13.2 Å². The predicted molar refractivity (Wildman–Crippen MR) is 67.2 cm³/mol. The zero-order valence-electron chi connectivity index (χ0n) is 10.1. The lowest BCUT2D eigenvalue weighted by molar-refractivity contribution is 0.197. The molecule has 1 aliphatic rings. The van der Waals surface area contributed by atoms with Crippen LogP contribution in [0.2, 0.25) is 0 Å². The summed E-state index contributed by atoms with van der Waals surface area (Å²) in [5, 5.41) is 2.60. The molecule has 2 heterocycles. The van der Waals surface area contributed by atoms with Crippen LogP contribution in [0, 0.1) is 0 Å². The zero-order chi connectivity index (χ0) is 13.2. The third-order valence-corrected chi connectivity index (χ3v) is 4.75. The van der Waals surface area contributed by atoms with Crippen LogP contribution in [0.25, 0.3) is 0 Å². The molecule has 1 aliphatic heterocycles. The van der Waals surface area contributed by atoms with E-state index in [-0.39, 0.29) is 23.6 Å². The third kappa shape index (κ3) is 2.84. The quantitative estimate of drug-likeness (QED) is 0.900. The molecule has 0 saturated carbocycles. The average Bonchev–Trinajstić information content (AvgIpc) is 2.89. The van der Waals surface area contributed by atoms with Crippen molar-refractivity contribution in [1.29, 1.82) is 0 Å². The molecule has 1 atom stereocenters. The molecule has 2 amide bonds. The first-order chi connectivity index (χ1) is 8.52. The highest BCUT2D eigenvalue weighted by Crippen LogP contribution is 2.19. The summed E-state index contributed by atoms with van der Waals surface area (Å²) >= 11 is 0. The van der Waals surface area contributed by atoms with Gasteiger partial charge in [0.15, 0.2) is 9.84 Å². The lowest BCUT2D eigenvalue weighted by atomic mass is 10.2. The summed E-state index contributed by atoms with van der Waals surface area (Å²) in [6.45, 7) is 2.29. The van der Waals surface area contributed by atoms with Crippen molar-refractivity contribution >= 4 is 21.8 Å². The maximum Gasteiger partial charge on any atom is 0.324 e. The molecule has 7 heteroatoms. The highest BCUT2D eigenvalue weighted by Gasteiger charge is 2.34. The Balaban J connectivity index is 2.03. The number of carbonyl (C=O) groups is 1. The van der Waals surface area contributed by atoms with Gasteiger partial charge in [0.1, 0.15) is 0 Å². The molecule has 1 aromatic rings. The minimum atomic E-state index is -2.99. The second kappa shape index (κ2) is 5.01. The van der Waals surface area contributed by atoms with Crippen molar-refractivity contribution in [2.75, 3.05) is 23.4 Å². The fourth-order valence-electron chi connectivity index (χ4n) is 2.12. The summed E-state index contributed by atoms with van der Waals surface area (Å²) in [6.07, 6.45) is 1.97. The Bertz CT molecular complexity index is 509. The number of sulfone groups is 1. The van der Waals surface area contributed by atoms with E-state index in [1.807, 2.05) is 6.92 Å². The van der Waals surface area contributed by atoms with E-state index in [1.54, 1.807) is 12.1 Å². The fourth-order valence-corrected chi connectivity index (χ4v) is 3.85. The van der Waals surface area contributed by atoms with Crippen molar-refractivity contribution in [1.82, 2.24) is 4.90 Å². The second-order valence-electron chi connectivity index (χ2n) is 4.25. The van der Waals surface area contributed by atoms with Crippen molar-refractivity contribution < 1.29 is 17.6 Å². The van der Waals surface area contributed by atoms with Crippen LogP contribution >= 0.6 is 0 Å². The van der Waals surface area contributed by atoms with E-state index >= 15 is 0 Å². The highest BCUT2D eigenvalue weighted by molar-refractivity contribution is 7.91. The Morgan fingerprint density at radius 2 is 2.39 bits per heavy atom. The zero-order valence-corrected chi connectivity index (χ0v) is 10.9. The number of amides is 2. The molecule has 1 unspecified atom stereocenters. The number of anilines is 1. The summed E-state index contributed by atoms with van der Waals surface area (Å²) in [5.41, 5.74) is 0. The topological polar surface area (TPSA) is 79.6 Å². The number of hydrogen-bond acceptors (Lipinski definition) is 4. The maximum absolute atomic E-state index is 12.0. The molecule has 0 bridgehead atoms. The normalized spacial score (nSPS) is 21.7. The van der Waals surface area contributed by atoms with Gasteiger partial charge < -0.3 is 9.32 Å². The van der Waals surface area contributed by atoms with E-state index in [0.29, 0.717) is 18.8 Å². The molecule has 1 aromatic heterocycles. The van der Waals surface area contributed by atoms with Gasteiger partial charge >= 0.3 is 6.03 Å². The van der Waals surface area contributed by atoms with Crippen LogP contribution in [0.5, 0.6) is 0 Å². The van der Waals surface area contributed by atoms with Crippen LogP contribution in [0.1, 0.15) is 13.3 Å². The van der Waals surface area contributed by atoms with Gasteiger partial charge in [-0.1, -0.05) is 0 Å². The summed E-state index contributed by atoms with van der Waals surface area (Å²) < 4.78 is 27.9. The Hall–Kier alpha value is -1.50. The van der Waals surface area contributed by atoms with E-state index in [0.717, 1.165) is 0 Å². The van der Waals surface area contributed by atoms with Crippen LogP contribution < -0.4 is 5.32 Å². The minimum Gasteiger partial charge on any atom is -0.449 e. The first-order valence-corrected chi connectivity index (χ1v) is 7.65. The lowest BCUT2D eigenvalue weighted by Crippen LogP contribution is -2.43. The predicted octanol–water partition coefficient (Wildman–Crippen LogP) is 1.32. The Labute approximate surface area is 106 Å². The highest BCUT2D eigenvalue weighted by atomic mass is 32.2. The van der Waals surface area contributed by atoms with Gasteiger partial charge in [0.2, 0.25) is 5.88 Å². The van der Waals surface area contributed by atoms with Crippen molar-refractivity contribution in [3.05, 3.63) is 18.4 Å². The van der Waals surface area contributed by atoms with E-state index in [1.165, 1.54) is 11.2 Å². The van der Waals surface area contributed by atoms with E-state index in [2.05, 4.69) is 5.32 Å². The average molecular weight is 272 g/mol. The van der Waals surface area contributed by atoms with E-state index in [4.69, 9.17) is 4.42 Å². The standard InChI is InChI=1S/C11H16N2O4S/c1-2-13(9-5-7-18(15,16)8-9)11(14)12-10-4-3-6-17-10/h3-4,6,9H,2,5,7-8H2,1H3,(H,12,14). The molecule has 1 N–H and O–H groups in total. The molecule has 1 saturated heterocycles. The number of nitrogens with zero attached hydrogens (tertiary/aromatic N) is 1. The number of furan rings is 1. The molecule has 6 nitrogen and oxygen atoms in total. The van der Waals surface area contributed by atoms with Gasteiger partial charge in [-0.2, -0.15) is 0 Å². The van der Waals surface area contributed by atoms with Gasteiger partial charge in [0, 0.05) is 18.7 Å². The Morgan fingerprint density at radius 1 is 1.61 bits per heavy atom. The molecule has 1 fully saturated rings. The number of rotatable bonds is 3. The number of nitrogens with one attached hydrogen (secondary N) is 1. The first kappa shape index (κ1) is 12.9. The van der Waals surface area contributed by atoms with Gasteiger partial charge in [-0.05, 0) is 19.4 Å². The molecule has 18 heavy (non-hydrogen) atoms. The van der Waals surface area contributed by atoms with Crippen LogP contribution in [0.4, 0.5) is 10.7 Å². The SMILES string of the molecule is CCN(C(=O)Nc1ccco1)C1CCS(=O)(=O)C1. The monoisotopic (exact) mass is 272 g/mol. The smallest absolute Gasteiger partial charge is 0.324 e. The van der Waals surface area contributed by atoms with E-state index in [9.17, 15) is 13.2 Å². The minimum absolute atomic E-state index is 0.0480.